The summed E-state index contributed by atoms with van der Waals surface area (Å²) in [7, 11) is 1.22. The molecule has 0 bridgehead atoms. The van der Waals surface area contributed by atoms with Crippen molar-refractivity contribution in [3.05, 3.63) is 35.4 Å². The fourth-order valence-electron chi connectivity index (χ4n) is 5.21. The highest BCUT2D eigenvalue weighted by molar-refractivity contribution is 7.99. The summed E-state index contributed by atoms with van der Waals surface area (Å²) in [6, 6.07) is 6.00. The van der Waals surface area contributed by atoms with Gasteiger partial charge in [-0.3, -0.25) is 14.4 Å². The number of aryl methyl sites for hydroxylation is 1. The minimum atomic E-state index is -0.853. The van der Waals surface area contributed by atoms with Gasteiger partial charge in [-0.1, -0.05) is 24.3 Å². The molecule has 5 atom stereocenters. The Balaban J connectivity index is 1.47. The Morgan fingerprint density at radius 1 is 1.06 bits per heavy atom. The molecule has 2 saturated heterocycles. The molecule has 1 aliphatic carbocycles. The third-order valence-electron chi connectivity index (χ3n) is 7.06. The predicted octanol–water partition coefficient (Wildman–Crippen LogP) is 2.25. The van der Waals surface area contributed by atoms with Gasteiger partial charge in [-0.25, -0.2) is 4.79 Å². The zero-order chi connectivity index (χ0) is 24.9. The molecule has 3 aliphatic rings. The van der Waals surface area contributed by atoms with E-state index in [2.05, 4.69) is 32.8 Å². The van der Waals surface area contributed by atoms with E-state index in [1.807, 2.05) is 12.1 Å². The van der Waals surface area contributed by atoms with Crippen molar-refractivity contribution in [2.75, 3.05) is 12.9 Å². The van der Waals surface area contributed by atoms with Crippen molar-refractivity contribution in [2.45, 2.75) is 81.4 Å². The molecule has 2 aliphatic heterocycles. The number of ether oxygens (including phenoxy) is 1. The van der Waals surface area contributed by atoms with Crippen LogP contribution in [0.15, 0.2) is 24.3 Å². The molecule has 1 aromatic rings. The van der Waals surface area contributed by atoms with Gasteiger partial charge in [0.05, 0.1) is 18.5 Å². The minimum absolute atomic E-state index is 0.0525. The number of rotatable bonds is 5. The molecule has 35 heavy (non-hydrogen) atoms. The fourth-order valence-corrected chi connectivity index (χ4v) is 6.60. The third kappa shape index (κ3) is 5.74. The van der Waals surface area contributed by atoms with Gasteiger partial charge in [-0.05, 0) is 68.7 Å². The van der Waals surface area contributed by atoms with Crippen molar-refractivity contribution in [3.8, 4) is 0 Å². The van der Waals surface area contributed by atoms with E-state index in [0.29, 0.717) is 18.6 Å². The summed E-state index contributed by atoms with van der Waals surface area (Å²) in [6.45, 7) is 1.53. The first-order valence-corrected chi connectivity index (χ1v) is 13.4. The molecule has 190 valence electrons. The van der Waals surface area contributed by atoms with Crippen LogP contribution in [0, 0.1) is 0 Å². The SMILES string of the molecule is COC(=O)NC(C)C(=O)N[C@H]1CCS[C@H]2CCCC(C(=O)N[C@@H]3CCCc4ccccc43)N2C1=O. The first-order chi connectivity index (χ1) is 16.9. The Kier molecular flexibility index (Phi) is 8.20. The number of fused-ring (bicyclic) bond motifs is 2. The predicted molar refractivity (Wildman–Crippen MR) is 133 cm³/mol. The van der Waals surface area contributed by atoms with Gasteiger partial charge in [0.1, 0.15) is 18.1 Å². The van der Waals surface area contributed by atoms with Crippen molar-refractivity contribution < 1.29 is 23.9 Å². The van der Waals surface area contributed by atoms with Crippen molar-refractivity contribution in [1.82, 2.24) is 20.9 Å². The molecule has 0 aromatic heterocycles. The first-order valence-electron chi connectivity index (χ1n) is 12.4. The second-order valence-electron chi connectivity index (χ2n) is 9.38. The molecule has 2 fully saturated rings. The number of hydrogen-bond donors (Lipinski definition) is 3. The van der Waals surface area contributed by atoms with E-state index in [1.165, 1.54) is 19.6 Å². The van der Waals surface area contributed by atoms with Crippen LogP contribution in [-0.2, 0) is 25.5 Å². The monoisotopic (exact) mass is 502 g/mol. The molecule has 3 N–H and O–H groups in total. The lowest BCUT2D eigenvalue weighted by Crippen LogP contribution is -2.60. The molecular weight excluding hydrogens is 468 g/mol. The van der Waals surface area contributed by atoms with Gasteiger partial charge < -0.3 is 25.6 Å². The van der Waals surface area contributed by atoms with Crippen molar-refractivity contribution >= 4 is 35.6 Å². The zero-order valence-corrected chi connectivity index (χ0v) is 21.1. The van der Waals surface area contributed by atoms with Crippen LogP contribution in [0.2, 0.25) is 0 Å². The maximum Gasteiger partial charge on any atom is 0.407 e. The highest BCUT2D eigenvalue weighted by Crippen LogP contribution is 2.35. The van der Waals surface area contributed by atoms with Gasteiger partial charge in [0.25, 0.3) is 0 Å². The van der Waals surface area contributed by atoms with E-state index in [-0.39, 0.29) is 23.2 Å². The highest BCUT2D eigenvalue weighted by Gasteiger charge is 2.43. The fraction of sp³-hybridized carbons (Fsp3) is 0.600. The van der Waals surface area contributed by atoms with Crippen LogP contribution >= 0.6 is 11.8 Å². The Bertz CT molecular complexity index is 973. The topological polar surface area (TPSA) is 117 Å². The summed E-state index contributed by atoms with van der Waals surface area (Å²) >= 11 is 1.67. The number of amides is 4. The lowest BCUT2D eigenvalue weighted by molar-refractivity contribution is -0.146. The average molecular weight is 503 g/mol. The Morgan fingerprint density at radius 2 is 1.86 bits per heavy atom. The summed E-state index contributed by atoms with van der Waals surface area (Å²) < 4.78 is 4.54. The van der Waals surface area contributed by atoms with Crippen molar-refractivity contribution in [2.24, 2.45) is 0 Å². The summed E-state index contributed by atoms with van der Waals surface area (Å²) in [6.07, 6.45) is 4.96. The van der Waals surface area contributed by atoms with Gasteiger partial charge in [0, 0.05) is 0 Å². The summed E-state index contributed by atoms with van der Waals surface area (Å²) in [5.41, 5.74) is 2.43. The van der Waals surface area contributed by atoms with Crippen molar-refractivity contribution in [3.63, 3.8) is 0 Å². The number of thioether (sulfide) groups is 1. The van der Waals surface area contributed by atoms with E-state index in [0.717, 1.165) is 37.7 Å². The van der Waals surface area contributed by atoms with Gasteiger partial charge in [-0.15, -0.1) is 11.8 Å². The number of nitrogens with one attached hydrogen (secondary N) is 3. The number of hydrogen-bond acceptors (Lipinski definition) is 6. The Hall–Kier alpha value is -2.75. The standard InChI is InChI=1S/C25H34N4O5S/c1-15(26-25(33)34-2)22(30)28-19-13-14-35-21-12-6-11-20(29(21)24(19)32)23(31)27-18-10-5-8-16-7-3-4-9-17(16)18/h3-4,7,9,15,18-21H,5-6,8,10-14H2,1-2H3,(H,26,33)(H,27,31)(H,28,30)/t15?,18-,19+,20?,21+/m1/s1. The number of carbonyl (C=O) groups is 4. The third-order valence-corrected chi connectivity index (χ3v) is 8.38. The maximum absolute atomic E-state index is 13.6. The Labute approximate surface area is 210 Å². The molecule has 2 unspecified atom stereocenters. The summed E-state index contributed by atoms with van der Waals surface area (Å²) in [5, 5.41) is 8.34. The van der Waals surface area contributed by atoms with Crippen LogP contribution < -0.4 is 16.0 Å². The smallest absolute Gasteiger partial charge is 0.407 e. The number of alkyl carbamates (subject to hydrolysis) is 1. The molecule has 1 aromatic carbocycles. The maximum atomic E-state index is 13.6. The summed E-state index contributed by atoms with van der Waals surface area (Å²) in [4.78, 5) is 52.9. The van der Waals surface area contributed by atoms with Crippen LogP contribution in [0.1, 0.15) is 62.6 Å². The van der Waals surface area contributed by atoms with Crippen LogP contribution in [-0.4, -0.2) is 65.1 Å². The number of nitrogens with zero attached hydrogens (tertiary/aromatic N) is 1. The zero-order valence-electron chi connectivity index (χ0n) is 20.2. The molecule has 4 amide bonds. The molecule has 0 saturated carbocycles. The molecule has 9 nitrogen and oxygen atoms in total. The molecule has 4 rings (SSSR count). The molecule has 2 heterocycles. The largest absolute Gasteiger partial charge is 0.453 e. The van der Waals surface area contributed by atoms with E-state index in [9.17, 15) is 19.2 Å². The molecule has 0 radical (unpaired) electrons. The molecule has 10 heteroatoms. The number of methoxy groups -OCH3 is 1. The number of benzene rings is 1. The van der Waals surface area contributed by atoms with E-state index in [4.69, 9.17) is 0 Å². The van der Waals surface area contributed by atoms with Crippen LogP contribution in [0.25, 0.3) is 0 Å². The van der Waals surface area contributed by atoms with Crippen molar-refractivity contribution in [1.29, 1.82) is 0 Å². The van der Waals surface area contributed by atoms with E-state index in [1.54, 1.807) is 16.7 Å². The van der Waals surface area contributed by atoms with Gasteiger partial charge in [-0.2, -0.15) is 0 Å². The van der Waals surface area contributed by atoms with Crippen LogP contribution in [0.3, 0.4) is 0 Å². The lowest BCUT2D eigenvalue weighted by Gasteiger charge is -2.41. The van der Waals surface area contributed by atoms with E-state index < -0.39 is 30.1 Å². The van der Waals surface area contributed by atoms with Gasteiger partial charge in [0.2, 0.25) is 17.7 Å². The van der Waals surface area contributed by atoms with Crippen LogP contribution in [0.4, 0.5) is 4.79 Å². The molecular formula is C25H34N4O5S. The average Bonchev–Trinajstić information content (AvgIpc) is 3.02. The second-order valence-corrected chi connectivity index (χ2v) is 10.7. The first kappa shape index (κ1) is 25.3. The number of piperidine rings is 1. The normalized spacial score (nSPS) is 26.9. The second kappa shape index (κ2) is 11.3. The van der Waals surface area contributed by atoms with E-state index >= 15 is 0 Å². The van der Waals surface area contributed by atoms with Crippen LogP contribution in [0.5, 0.6) is 0 Å². The summed E-state index contributed by atoms with van der Waals surface area (Å²) in [5.74, 6) is -0.129. The lowest BCUT2D eigenvalue weighted by atomic mass is 9.87. The number of carbonyl (C=O) groups excluding carboxylic acids is 4. The van der Waals surface area contributed by atoms with Gasteiger partial charge >= 0.3 is 6.09 Å². The minimum Gasteiger partial charge on any atom is -0.453 e. The highest BCUT2D eigenvalue weighted by atomic mass is 32.2. The van der Waals surface area contributed by atoms with Gasteiger partial charge in [0.15, 0.2) is 0 Å². The molecule has 0 spiro atoms. The Morgan fingerprint density at radius 3 is 2.66 bits per heavy atom. The quantitative estimate of drug-likeness (QED) is 0.569.